The van der Waals surface area contributed by atoms with Crippen molar-refractivity contribution in [1.29, 1.82) is 0 Å². The van der Waals surface area contributed by atoms with Crippen LogP contribution in [0.4, 0.5) is 0 Å². The third-order valence-corrected chi connectivity index (χ3v) is 3.57. The summed E-state index contributed by atoms with van der Waals surface area (Å²) in [5.41, 5.74) is 0.00984. The van der Waals surface area contributed by atoms with Gasteiger partial charge in [0.1, 0.15) is 5.54 Å². The van der Waals surface area contributed by atoms with Crippen LogP contribution in [0.15, 0.2) is 30.3 Å². The van der Waals surface area contributed by atoms with Gasteiger partial charge in [-0.2, -0.15) is 0 Å². The van der Waals surface area contributed by atoms with E-state index in [9.17, 15) is 19.6 Å². The van der Waals surface area contributed by atoms with Crippen molar-refractivity contribution >= 4 is 18.9 Å². The van der Waals surface area contributed by atoms with Crippen LogP contribution in [0, 0.1) is 0 Å². The van der Waals surface area contributed by atoms with E-state index in [1.54, 1.807) is 0 Å². The van der Waals surface area contributed by atoms with E-state index < -0.39 is 18.6 Å². The highest BCUT2D eigenvalue weighted by Crippen LogP contribution is 2.35. The number of amides is 2. The predicted octanol–water partition coefficient (Wildman–Crippen LogP) is -0.605. The first-order chi connectivity index (χ1) is 9.93. The number of rotatable bonds is 6. The van der Waals surface area contributed by atoms with Gasteiger partial charge in [-0.1, -0.05) is 30.3 Å². The summed E-state index contributed by atoms with van der Waals surface area (Å²) >= 11 is 0. The molecule has 0 aliphatic heterocycles. The monoisotopic (exact) mass is 290 g/mol. The van der Waals surface area contributed by atoms with Crippen LogP contribution >= 0.6 is 0 Å². The topological polar surface area (TPSA) is 98.7 Å². The third kappa shape index (κ3) is 4.06. The number of carbonyl (C=O) groups excluding carboxylic acids is 2. The minimum atomic E-state index is -1.66. The van der Waals surface area contributed by atoms with Crippen molar-refractivity contribution in [2.75, 3.05) is 0 Å². The van der Waals surface area contributed by atoms with Gasteiger partial charge in [0.2, 0.25) is 11.8 Å². The van der Waals surface area contributed by atoms with E-state index in [1.807, 2.05) is 30.3 Å². The van der Waals surface area contributed by atoms with Crippen LogP contribution in [0.25, 0.3) is 0 Å². The van der Waals surface area contributed by atoms with Crippen LogP contribution in [0.2, 0.25) is 0 Å². The second-order valence-electron chi connectivity index (χ2n) is 5.45. The van der Waals surface area contributed by atoms with Crippen molar-refractivity contribution in [3.8, 4) is 0 Å². The van der Waals surface area contributed by atoms with E-state index in [4.69, 9.17) is 0 Å². The van der Waals surface area contributed by atoms with Crippen molar-refractivity contribution in [3.05, 3.63) is 35.9 Å². The van der Waals surface area contributed by atoms with E-state index in [-0.39, 0.29) is 11.8 Å². The highest BCUT2D eigenvalue weighted by Gasteiger charge is 2.51. The summed E-state index contributed by atoms with van der Waals surface area (Å²) < 4.78 is 0. The molecule has 21 heavy (non-hydrogen) atoms. The maximum atomic E-state index is 12.2. The van der Waals surface area contributed by atoms with Gasteiger partial charge >= 0.3 is 7.12 Å². The highest BCUT2D eigenvalue weighted by molar-refractivity contribution is 6.43. The summed E-state index contributed by atoms with van der Waals surface area (Å²) in [7, 11) is -1.66. The molecule has 6 nitrogen and oxygen atoms in total. The molecule has 0 saturated heterocycles. The van der Waals surface area contributed by atoms with Gasteiger partial charge in [0.15, 0.2) is 0 Å². The van der Waals surface area contributed by atoms with E-state index in [1.165, 1.54) is 6.92 Å². The molecule has 1 atom stereocenters. The molecule has 1 aromatic rings. The molecule has 1 fully saturated rings. The number of nitrogens with one attached hydrogen (secondary N) is 2. The van der Waals surface area contributed by atoms with E-state index in [0.717, 1.165) is 5.56 Å². The SMILES string of the molecule is CC(=O)NC1(C(=O)N[C@@H](Cc2ccccc2)B(O)O)CC1. The maximum absolute atomic E-state index is 12.2. The standard InChI is InChI=1S/C14H19BN2O4/c1-10(18)17-14(7-8-14)13(19)16-12(15(20)21)9-11-5-3-2-4-6-11/h2-6,12,20-21H,7-9H2,1H3,(H,16,19)(H,17,18)/t12-/m0/s1. The molecule has 112 valence electrons. The quantitative estimate of drug-likeness (QED) is 0.525. The van der Waals surface area contributed by atoms with Crippen LogP contribution in [-0.2, 0) is 16.0 Å². The molecule has 2 rings (SSSR count). The lowest BCUT2D eigenvalue weighted by Gasteiger charge is -2.22. The van der Waals surface area contributed by atoms with Crippen LogP contribution in [-0.4, -0.2) is 40.5 Å². The molecule has 4 N–H and O–H groups in total. The fourth-order valence-electron chi connectivity index (χ4n) is 2.28. The Balaban J connectivity index is 2.00. The molecular weight excluding hydrogens is 271 g/mol. The van der Waals surface area contributed by atoms with Gasteiger partial charge < -0.3 is 20.7 Å². The molecule has 1 aromatic carbocycles. The summed E-state index contributed by atoms with van der Waals surface area (Å²) in [6.07, 6.45) is 1.44. The summed E-state index contributed by atoms with van der Waals surface area (Å²) in [4.78, 5) is 23.3. The number of carbonyl (C=O) groups is 2. The second-order valence-corrected chi connectivity index (χ2v) is 5.45. The minimum absolute atomic E-state index is 0.271. The van der Waals surface area contributed by atoms with Gasteiger partial charge in [-0.15, -0.1) is 0 Å². The van der Waals surface area contributed by atoms with Crippen molar-refractivity contribution < 1.29 is 19.6 Å². The summed E-state index contributed by atoms with van der Waals surface area (Å²) in [5, 5.41) is 24.1. The Morgan fingerprint density at radius 3 is 2.38 bits per heavy atom. The van der Waals surface area contributed by atoms with Crippen molar-refractivity contribution in [1.82, 2.24) is 10.6 Å². The Morgan fingerprint density at radius 2 is 1.90 bits per heavy atom. The molecule has 0 radical (unpaired) electrons. The molecule has 1 saturated carbocycles. The highest BCUT2D eigenvalue weighted by atomic mass is 16.4. The zero-order chi connectivity index (χ0) is 15.5. The minimum Gasteiger partial charge on any atom is -0.426 e. The van der Waals surface area contributed by atoms with E-state index >= 15 is 0 Å². The predicted molar refractivity (Wildman–Crippen MR) is 78.1 cm³/mol. The van der Waals surface area contributed by atoms with Gasteiger partial charge in [0.05, 0.1) is 5.94 Å². The normalized spacial score (nSPS) is 16.7. The molecule has 0 heterocycles. The number of benzene rings is 1. The largest absolute Gasteiger partial charge is 0.475 e. The fourth-order valence-corrected chi connectivity index (χ4v) is 2.28. The number of hydrogen-bond acceptors (Lipinski definition) is 4. The van der Waals surface area contributed by atoms with Gasteiger partial charge in [-0.25, -0.2) is 0 Å². The van der Waals surface area contributed by atoms with Crippen molar-refractivity contribution in [2.24, 2.45) is 0 Å². The Kier molecular flexibility index (Phi) is 4.64. The Hall–Kier alpha value is -1.86. The molecule has 2 amide bonds. The smallest absolute Gasteiger partial charge is 0.426 e. The van der Waals surface area contributed by atoms with Crippen molar-refractivity contribution in [2.45, 2.75) is 37.7 Å². The zero-order valence-electron chi connectivity index (χ0n) is 11.9. The van der Waals surface area contributed by atoms with Gasteiger partial charge in [-0.05, 0) is 24.8 Å². The second kappa shape index (κ2) is 6.28. The Morgan fingerprint density at radius 1 is 1.29 bits per heavy atom. The maximum Gasteiger partial charge on any atom is 0.475 e. The Bertz CT molecular complexity index is 517. The summed E-state index contributed by atoms with van der Waals surface area (Å²) in [6.45, 7) is 1.36. The Labute approximate surface area is 123 Å². The average molecular weight is 290 g/mol. The lowest BCUT2D eigenvalue weighted by Crippen LogP contribution is -2.55. The van der Waals surface area contributed by atoms with Crippen LogP contribution in [0.5, 0.6) is 0 Å². The first-order valence-corrected chi connectivity index (χ1v) is 6.93. The molecule has 0 bridgehead atoms. The molecule has 1 aliphatic rings. The zero-order valence-corrected chi connectivity index (χ0v) is 11.9. The molecule has 0 aromatic heterocycles. The fraction of sp³-hybridized carbons (Fsp3) is 0.429. The molecule has 0 unspecified atom stereocenters. The van der Waals surface area contributed by atoms with Crippen LogP contribution < -0.4 is 10.6 Å². The van der Waals surface area contributed by atoms with Crippen molar-refractivity contribution in [3.63, 3.8) is 0 Å². The summed E-state index contributed by atoms with van der Waals surface area (Å²) in [6, 6.07) is 9.25. The van der Waals surface area contributed by atoms with Gasteiger partial charge in [0.25, 0.3) is 0 Å². The lowest BCUT2D eigenvalue weighted by atomic mass is 9.75. The first-order valence-electron chi connectivity index (χ1n) is 6.93. The van der Waals surface area contributed by atoms with E-state index in [2.05, 4.69) is 10.6 Å². The van der Waals surface area contributed by atoms with Crippen LogP contribution in [0.3, 0.4) is 0 Å². The molecule has 7 heteroatoms. The van der Waals surface area contributed by atoms with Gasteiger partial charge in [-0.3, -0.25) is 9.59 Å². The number of hydrogen-bond donors (Lipinski definition) is 4. The molecular formula is C14H19BN2O4. The molecule has 0 spiro atoms. The lowest BCUT2D eigenvalue weighted by molar-refractivity contribution is -0.129. The first kappa shape index (κ1) is 15.5. The van der Waals surface area contributed by atoms with Crippen LogP contribution in [0.1, 0.15) is 25.3 Å². The summed E-state index contributed by atoms with van der Waals surface area (Å²) in [5.74, 6) is -1.45. The molecule has 1 aliphatic carbocycles. The third-order valence-electron chi connectivity index (χ3n) is 3.57. The van der Waals surface area contributed by atoms with Gasteiger partial charge in [0, 0.05) is 6.92 Å². The average Bonchev–Trinajstić information content (AvgIpc) is 3.19. The van der Waals surface area contributed by atoms with E-state index in [0.29, 0.717) is 19.3 Å².